The smallest absolute Gasteiger partial charge is 0.307 e. The zero-order chi connectivity index (χ0) is 12.0. The molecule has 0 saturated carbocycles. The van der Waals surface area contributed by atoms with Crippen molar-refractivity contribution in [1.29, 1.82) is 0 Å². The minimum Gasteiger partial charge on any atom is -0.491 e. The van der Waals surface area contributed by atoms with Gasteiger partial charge in [-0.2, -0.15) is 0 Å². The van der Waals surface area contributed by atoms with Crippen molar-refractivity contribution < 1.29 is 14.6 Å². The van der Waals surface area contributed by atoms with Crippen molar-refractivity contribution in [1.82, 2.24) is 0 Å². The number of hydrogen-bond donors (Lipinski definition) is 1. The summed E-state index contributed by atoms with van der Waals surface area (Å²) >= 11 is 0. The maximum absolute atomic E-state index is 10.3. The number of benzene rings is 1. The molecule has 1 aromatic carbocycles. The lowest BCUT2D eigenvalue weighted by Gasteiger charge is -2.09. The number of carboxylic acids is 1. The predicted octanol–water partition coefficient (Wildman–Crippen LogP) is 2.96. The van der Waals surface area contributed by atoms with Gasteiger partial charge in [0.1, 0.15) is 5.75 Å². The third kappa shape index (κ3) is 4.64. The monoisotopic (exact) mass is 220 g/mol. The molecule has 0 aliphatic rings. The Balaban J connectivity index is 2.57. The highest BCUT2D eigenvalue weighted by molar-refractivity contribution is 5.70. The second-order valence-electron chi connectivity index (χ2n) is 3.74. The fourth-order valence-electron chi connectivity index (χ4n) is 1.23. The highest BCUT2D eigenvalue weighted by Gasteiger charge is 1.96. The average molecular weight is 220 g/mol. The molecule has 1 aromatic rings. The maximum atomic E-state index is 10.3. The number of ether oxygens (including phenoxy) is 1. The van der Waals surface area contributed by atoms with Gasteiger partial charge in [-0.25, -0.2) is 0 Å². The molecular weight excluding hydrogens is 204 g/mol. The minimum absolute atomic E-state index is 0.0459. The summed E-state index contributed by atoms with van der Waals surface area (Å²) in [5.74, 6) is 0.00129. The Morgan fingerprint density at radius 2 is 2.00 bits per heavy atom. The first-order chi connectivity index (χ1) is 7.58. The van der Waals surface area contributed by atoms with Crippen molar-refractivity contribution in [2.75, 3.05) is 0 Å². The molecule has 1 rings (SSSR count). The van der Waals surface area contributed by atoms with Gasteiger partial charge in [-0.3, -0.25) is 4.79 Å². The number of rotatable bonds is 5. The Morgan fingerprint density at radius 1 is 1.38 bits per heavy atom. The van der Waals surface area contributed by atoms with Crippen LogP contribution in [-0.4, -0.2) is 17.2 Å². The number of carbonyl (C=O) groups is 1. The summed E-state index contributed by atoms with van der Waals surface area (Å²) in [4.78, 5) is 10.3. The molecule has 0 unspecified atom stereocenters. The van der Waals surface area contributed by atoms with E-state index in [0.717, 1.165) is 11.3 Å². The van der Waals surface area contributed by atoms with Crippen molar-refractivity contribution in [3.05, 3.63) is 35.9 Å². The van der Waals surface area contributed by atoms with Gasteiger partial charge < -0.3 is 9.84 Å². The maximum Gasteiger partial charge on any atom is 0.307 e. The Bertz CT molecular complexity index is 363. The number of carboxylic acid groups (broad SMARTS) is 1. The van der Waals surface area contributed by atoms with Crippen LogP contribution in [-0.2, 0) is 4.79 Å². The molecule has 0 aliphatic carbocycles. The normalized spacial score (nSPS) is 10.9. The van der Waals surface area contributed by atoms with E-state index in [4.69, 9.17) is 9.84 Å². The Hall–Kier alpha value is -1.77. The Morgan fingerprint density at radius 3 is 2.50 bits per heavy atom. The first-order valence-corrected chi connectivity index (χ1v) is 5.23. The highest BCUT2D eigenvalue weighted by Crippen LogP contribution is 2.14. The van der Waals surface area contributed by atoms with Gasteiger partial charge in [-0.15, -0.1) is 0 Å². The summed E-state index contributed by atoms with van der Waals surface area (Å²) < 4.78 is 5.49. The Kier molecular flexibility index (Phi) is 4.58. The molecule has 0 aliphatic heterocycles. The second kappa shape index (κ2) is 5.95. The van der Waals surface area contributed by atoms with Gasteiger partial charge in [-0.05, 0) is 31.5 Å². The van der Waals surface area contributed by atoms with Crippen LogP contribution >= 0.6 is 0 Å². The molecule has 0 aromatic heterocycles. The predicted molar refractivity (Wildman–Crippen MR) is 63.5 cm³/mol. The first kappa shape index (κ1) is 12.3. The van der Waals surface area contributed by atoms with Gasteiger partial charge in [0.05, 0.1) is 12.5 Å². The molecule has 86 valence electrons. The first-order valence-electron chi connectivity index (χ1n) is 5.23. The van der Waals surface area contributed by atoms with E-state index in [1.165, 1.54) is 0 Å². The summed E-state index contributed by atoms with van der Waals surface area (Å²) in [6, 6.07) is 7.55. The lowest BCUT2D eigenvalue weighted by molar-refractivity contribution is -0.135. The summed E-state index contributed by atoms with van der Waals surface area (Å²) in [5.41, 5.74) is 0.970. The van der Waals surface area contributed by atoms with E-state index in [2.05, 4.69) is 0 Å². The highest BCUT2D eigenvalue weighted by atomic mass is 16.5. The van der Waals surface area contributed by atoms with Crippen molar-refractivity contribution >= 4 is 12.0 Å². The largest absolute Gasteiger partial charge is 0.491 e. The van der Waals surface area contributed by atoms with Crippen molar-refractivity contribution in [3.63, 3.8) is 0 Å². The molecular formula is C13H16O3. The van der Waals surface area contributed by atoms with Gasteiger partial charge in [0.2, 0.25) is 0 Å². The van der Waals surface area contributed by atoms with Crippen LogP contribution in [0, 0.1) is 0 Å². The van der Waals surface area contributed by atoms with Gasteiger partial charge in [0.15, 0.2) is 0 Å². The summed E-state index contributed by atoms with van der Waals surface area (Å²) in [6.45, 7) is 3.95. The molecule has 0 fully saturated rings. The standard InChI is InChI=1S/C13H16O3/c1-10(2)16-12-8-6-11(7-9-12)4-3-5-13(14)15/h3-4,6-10H,5H2,1-2H3,(H,14,15). The van der Waals surface area contributed by atoms with Crippen molar-refractivity contribution in [2.24, 2.45) is 0 Å². The topological polar surface area (TPSA) is 46.5 Å². The second-order valence-corrected chi connectivity index (χ2v) is 3.74. The summed E-state index contributed by atoms with van der Waals surface area (Å²) in [6.07, 6.45) is 3.62. The van der Waals surface area contributed by atoms with Crippen LogP contribution in [0.15, 0.2) is 30.3 Å². The van der Waals surface area contributed by atoms with Gasteiger partial charge in [0.25, 0.3) is 0 Å². The SMILES string of the molecule is CC(C)Oc1ccc(C=CCC(=O)O)cc1. The minimum atomic E-state index is -0.823. The van der Waals surface area contributed by atoms with Gasteiger partial charge in [0, 0.05) is 0 Å². The molecule has 1 N–H and O–H groups in total. The quantitative estimate of drug-likeness (QED) is 0.829. The molecule has 0 saturated heterocycles. The van der Waals surface area contributed by atoms with Crippen LogP contribution in [0.5, 0.6) is 5.75 Å². The third-order valence-electron chi connectivity index (χ3n) is 1.85. The fourth-order valence-corrected chi connectivity index (χ4v) is 1.23. The molecule has 16 heavy (non-hydrogen) atoms. The van der Waals surface area contributed by atoms with E-state index in [9.17, 15) is 4.79 Å². The zero-order valence-corrected chi connectivity index (χ0v) is 9.51. The molecule has 0 radical (unpaired) electrons. The zero-order valence-electron chi connectivity index (χ0n) is 9.51. The molecule has 0 heterocycles. The summed E-state index contributed by atoms with van der Waals surface area (Å²) in [5, 5.41) is 8.46. The summed E-state index contributed by atoms with van der Waals surface area (Å²) in [7, 11) is 0. The van der Waals surface area contributed by atoms with E-state index < -0.39 is 5.97 Å². The fraction of sp³-hybridized carbons (Fsp3) is 0.308. The van der Waals surface area contributed by atoms with E-state index in [-0.39, 0.29) is 12.5 Å². The van der Waals surface area contributed by atoms with E-state index >= 15 is 0 Å². The molecule has 0 bridgehead atoms. The van der Waals surface area contributed by atoms with Gasteiger partial charge in [-0.1, -0.05) is 24.3 Å². The van der Waals surface area contributed by atoms with E-state index in [0.29, 0.717) is 0 Å². The molecule has 0 spiro atoms. The third-order valence-corrected chi connectivity index (χ3v) is 1.85. The lowest BCUT2D eigenvalue weighted by Crippen LogP contribution is -2.05. The molecule has 0 atom stereocenters. The van der Waals surface area contributed by atoms with Crippen LogP contribution in [0.1, 0.15) is 25.8 Å². The number of aliphatic carboxylic acids is 1. The van der Waals surface area contributed by atoms with Crippen LogP contribution in [0.3, 0.4) is 0 Å². The van der Waals surface area contributed by atoms with E-state index in [1.54, 1.807) is 12.2 Å². The lowest BCUT2D eigenvalue weighted by atomic mass is 10.2. The van der Waals surface area contributed by atoms with Crippen LogP contribution in [0.4, 0.5) is 0 Å². The van der Waals surface area contributed by atoms with Gasteiger partial charge >= 0.3 is 5.97 Å². The van der Waals surface area contributed by atoms with Crippen LogP contribution < -0.4 is 4.74 Å². The van der Waals surface area contributed by atoms with Crippen molar-refractivity contribution in [2.45, 2.75) is 26.4 Å². The number of hydrogen-bond acceptors (Lipinski definition) is 2. The van der Waals surface area contributed by atoms with E-state index in [1.807, 2.05) is 38.1 Å². The molecule has 0 amide bonds. The van der Waals surface area contributed by atoms with Crippen molar-refractivity contribution in [3.8, 4) is 5.75 Å². The average Bonchev–Trinajstić information content (AvgIpc) is 2.19. The van der Waals surface area contributed by atoms with Crippen LogP contribution in [0.2, 0.25) is 0 Å². The van der Waals surface area contributed by atoms with Crippen LogP contribution in [0.25, 0.3) is 6.08 Å². The Labute approximate surface area is 95.4 Å². The molecule has 3 nitrogen and oxygen atoms in total. The molecule has 3 heteroatoms.